The number of hydrogen-bond donors (Lipinski definition) is 1. The molecule has 3 aromatic rings. The fourth-order valence-corrected chi connectivity index (χ4v) is 3.37. The molecule has 0 atom stereocenters. The number of benzene rings is 1. The van der Waals surface area contributed by atoms with Crippen molar-refractivity contribution in [2.24, 2.45) is 0 Å². The third-order valence-corrected chi connectivity index (χ3v) is 4.88. The average molecular weight is 358 g/mol. The second kappa shape index (κ2) is 7.84. The van der Waals surface area contributed by atoms with Crippen molar-refractivity contribution in [3.63, 3.8) is 0 Å². The van der Waals surface area contributed by atoms with Crippen molar-refractivity contribution in [3.8, 4) is 0 Å². The van der Waals surface area contributed by atoms with Crippen LogP contribution in [0.4, 0.5) is 5.13 Å². The Bertz CT molecular complexity index is 829. The number of rotatable bonds is 7. The highest BCUT2D eigenvalue weighted by Crippen LogP contribution is 2.25. The minimum absolute atomic E-state index is 0.237. The zero-order valence-electron chi connectivity index (χ0n) is 12.6. The first kappa shape index (κ1) is 16.3. The number of thioether (sulfide) groups is 1. The molecule has 1 N–H and O–H groups in total. The minimum Gasteiger partial charge on any atom is -0.295 e. The number of carbonyl (C=O) groups is 1. The summed E-state index contributed by atoms with van der Waals surface area (Å²) < 4.78 is 2.40. The van der Waals surface area contributed by atoms with Gasteiger partial charge in [0, 0.05) is 5.75 Å². The Hall–Kier alpha value is -2.52. The molecule has 0 aliphatic rings. The first-order valence-electron chi connectivity index (χ1n) is 7.07. The maximum Gasteiger partial charge on any atom is 0.279 e. The lowest BCUT2D eigenvalue weighted by Gasteiger charge is -1.99. The largest absolute Gasteiger partial charge is 0.295 e. The summed E-state index contributed by atoms with van der Waals surface area (Å²) in [6.07, 6.45) is 3.39. The highest BCUT2D eigenvalue weighted by molar-refractivity contribution is 8.01. The van der Waals surface area contributed by atoms with Gasteiger partial charge in [-0.3, -0.25) is 10.1 Å². The van der Waals surface area contributed by atoms with Gasteiger partial charge in [-0.2, -0.15) is 0 Å². The van der Waals surface area contributed by atoms with E-state index in [1.165, 1.54) is 23.1 Å². The molecule has 122 valence electrons. The summed E-state index contributed by atoms with van der Waals surface area (Å²) in [7, 11) is 0. The van der Waals surface area contributed by atoms with E-state index < -0.39 is 0 Å². The zero-order chi connectivity index (χ0) is 16.8. The van der Waals surface area contributed by atoms with Crippen molar-refractivity contribution in [2.75, 3.05) is 11.1 Å². The van der Waals surface area contributed by atoms with Crippen molar-refractivity contribution >= 4 is 34.1 Å². The van der Waals surface area contributed by atoms with E-state index in [9.17, 15) is 4.79 Å². The topological polar surface area (TPSA) is 85.6 Å². The number of nitrogens with one attached hydrogen (secondary N) is 1. The van der Waals surface area contributed by atoms with Crippen LogP contribution in [0.1, 0.15) is 16.1 Å². The van der Waals surface area contributed by atoms with Crippen molar-refractivity contribution in [2.45, 2.75) is 10.9 Å². The van der Waals surface area contributed by atoms with E-state index >= 15 is 0 Å². The SMILES string of the molecule is C=CCSc1nnc(NC(=O)c2cn(Cc3ccccc3)nn2)s1. The molecule has 3 rings (SSSR count). The Balaban J connectivity index is 1.61. The fourth-order valence-electron chi connectivity index (χ4n) is 1.86. The van der Waals surface area contributed by atoms with Gasteiger partial charge in [0.2, 0.25) is 5.13 Å². The predicted octanol–water partition coefficient (Wildman–Crippen LogP) is 2.71. The van der Waals surface area contributed by atoms with Crippen LogP contribution in [-0.2, 0) is 6.54 Å². The van der Waals surface area contributed by atoms with Crippen molar-refractivity contribution in [3.05, 3.63) is 60.4 Å². The first-order valence-corrected chi connectivity index (χ1v) is 8.87. The molecule has 24 heavy (non-hydrogen) atoms. The smallest absolute Gasteiger partial charge is 0.279 e. The van der Waals surface area contributed by atoms with E-state index in [1.807, 2.05) is 30.3 Å². The Labute approximate surface area is 146 Å². The van der Waals surface area contributed by atoms with Crippen LogP contribution < -0.4 is 5.32 Å². The number of anilines is 1. The van der Waals surface area contributed by atoms with Gasteiger partial charge in [0.1, 0.15) is 0 Å². The summed E-state index contributed by atoms with van der Waals surface area (Å²) >= 11 is 2.82. The van der Waals surface area contributed by atoms with Gasteiger partial charge in [-0.1, -0.05) is 64.7 Å². The van der Waals surface area contributed by atoms with Gasteiger partial charge >= 0.3 is 0 Å². The second-order valence-corrected chi connectivity index (χ2v) is 6.96. The molecular formula is C15H14N6OS2. The summed E-state index contributed by atoms with van der Waals surface area (Å²) in [4.78, 5) is 12.2. The highest BCUT2D eigenvalue weighted by atomic mass is 32.2. The Kier molecular flexibility index (Phi) is 5.34. The highest BCUT2D eigenvalue weighted by Gasteiger charge is 2.14. The average Bonchev–Trinajstić information content (AvgIpc) is 3.23. The summed E-state index contributed by atoms with van der Waals surface area (Å²) in [5.74, 6) is 0.391. The maximum absolute atomic E-state index is 12.2. The lowest BCUT2D eigenvalue weighted by atomic mass is 10.2. The summed E-state index contributed by atoms with van der Waals surface area (Å²) in [6.45, 7) is 4.21. The molecule has 9 heteroatoms. The molecule has 0 saturated heterocycles. The molecule has 0 aliphatic heterocycles. The molecule has 1 aromatic carbocycles. The number of aromatic nitrogens is 5. The van der Waals surface area contributed by atoms with E-state index in [0.717, 1.165) is 15.7 Å². The lowest BCUT2D eigenvalue weighted by Crippen LogP contribution is -2.12. The Morgan fingerprint density at radius 1 is 1.29 bits per heavy atom. The van der Waals surface area contributed by atoms with Crippen LogP contribution in [0.2, 0.25) is 0 Å². The van der Waals surface area contributed by atoms with Gasteiger partial charge in [-0.15, -0.1) is 21.9 Å². The van der Waals surface area contributed by atoms with Gasteiger partial charge in [0.15, 0.2) is 10.0 Å². The first-order chi connectivity index (χ1) is 11.7. The molecule has 2 aromatic heterocycles. The number of nitrogens with zero attached hydrogens (tertiary/aromatic N) is 5. The number of carbonyl (C=O) groups excluding carboxylic acids is 1. The van der Waals surface area contributed by atoms with Gasteiger partial charge in [-0.25, -0.2) is 4.68 Å². The zero-order valence-corrected chi connectivity index (χ0v) is 14.3. The van der Waals surface area contributed by atoms with Gasteiger partial charge in [0.25, 0.3) is 5.91 Å². The third kappa shape index (κ3) is 4.27. The predicted molar refractivity (Wildman–Crippen MR) is 94.3 cm³/mol. The van der Waals surface area contributed by atoms with Crippen molar-refractivity contribution in [1.82, 2.24) is 25.2 Å². The van der Waals surface area contributed by atoms with Crippen LogP contribution in [0.3, 0.4) is 0 Å². The van der Waals surface area contributed by atoms with E-state index in [0.29, 0.717) is 11.7 Å². The number of hydrogen-bond acceptors (Lipinski definition) is 7. The molecule has 0 saturated carbocycles. The molecule has 7 nitrogen and oxygen atoms in total. The van der Waals surface area contributed by atoms with Crippen LogP contribution >= 0.6 is 23.1 Å². The van der Waals surface area contributed by atoms with E-state index in [1.54, 1.807) is 17.0 Å². The van der Waals surface area contributed by atoms with Gasteiger partial charge in [0.05, 0.1) is 12.7 Å². The van der Waals surface area contributed by atoms with Crippen molar-refractivity contribution in [1.29, 1.82) is 0 Å². The quantitative estimate of drug-likeness (QED) is 0.397. The number of amides is 1. The molecule has 0 fully saturated rings. The van der Waals surface area contributed by atoms with Gasteiger partial charge in [-0.05, 0) is 5.56 Å². The fraction of sp³-hybridized carbons (Fsp3) is 0.133. The van der Waals surface area contributed by atoms with E-state index in [2.05, 4.69) is 32.4 Å². The van der Waals surface area contributed by atoms with E-state index in [4.69, 9.17) is 0 Å². The standard InChI is InChI=1S/C15H14N6OS2/c1-2-8-23-15-19-18-14(24-15)16-13(22)12-10-21(20-17-12)9-11-6-4-3-5-7-11/h2-7,10H,1,8-9H2,(H,16,18,22). The summed E-state index contributed by atoms with van der Waals surface area (Å²) in [5.41, 5.74) is 1.32. The van der Waals surface area contributed by atoms with Crippen LogP contribution in [-0.4, -0.2) is 36.9 Å². The minimum atomic E-state index is -0.356. The molecule has 0 aliphatic carbocycles. The summed E-state index contributed by atoms with van der Waals surface area (Å²) in [5, 5.41) is 18.9. The second-order valence-electron chi connectivity index (χ2n) is 4.71. The normalized spacial score (nSPS) is 10.5. The Morgan fingerprint density at radius 2 is 2.12 bits per heavy atom. The molecular weight excluding hydrogens is 344 g/mol. The molecule has 0 unspecified atom stereocenters. The van der Waals surface area contributed by atoms with Crippen LogP contribution in [0, 0.1) is 0 Å². The monoisotopic (exact) mass is 358 g/mol. The maximum atomic E-state index is 12.2. The van der Waals surface area contributed by atoms with Crippen LogP contribution in [0.5, 0.6) is 0 Å². The van der Waals surface area contributed by atoms with Gasteiger partial charge < -0.3 is 0 Å². The summed E-state index contributed by atoms with van der Waals surface area (Å²) in [6, 6.07) is 9.85. The lowest BCUT2D eigenvalue weighted by molar-refractivity contribution is 0.102. The van der Waals surface area contributed by atoms with Crippen LogP contribution in [0.15, 0.2) is 53.5 Å². The molecule has 1 amide bonds. The molecule has 0 radical (unpaired) electrons. The van der Waals surface area contributed by atoms with Crippen LogP contribution in [0.25, 0.3) is 0 Å². The molecule has 0 spiro atoms. The van der Waals surface area contributed by atoms with E-state index in [-0.39, 0.29) is 11.6 Å². The molecule has 2 heterocycles. The molecule has 0 bridgehead atoms. The third-order valence-electron chi connectivity index (χ3n) is 2.91. The Morgan fingerprint density at radius 3 is 2.92 bits per heavy atom. The van der Waals surface area contributed by atoms with Crippen molar-refractivity contribution < 1.29 is 4.79 Å².